The largest absolute Gasteiger partial charge is 0.493 e. The van der Waals surface area contributed by atoms with Gasteiger partial charge in [-0.15, -0.1) is 11.8 Å². The summed E-state index contributed by atoms with van der Waals surface area (Å²) >= 11 is 1.52. The third-order valence-electron chi connectivity index (χ3n) is 3.50. The monoisotopic (exact) mass is 357 g/mol. The maximum atomic E-state index is 12.3. The molecule has 0 N–H and O–H groups in total. The number of hydrogen-bond acceptors (Lipinski definition) is 3. The van der Waals surface area contributed by atoms with Gasteiger partial charge in [-0.25, -0.2) is 0 Å². The van der Waals surface area contributed by atoms with E-state index in [1.165, 1.54) is 16.3 Å². The molecule has 0 spiro atoms. The van der Waals surface area contributed by atoms with Gasteiger partial charge in [0.15, 0.2) is 0 Å². The lowest BCUT2D eigenvalue weighted by Gasteiger charge is -2.15. The molecule has 0 unspecified atom stereocenters. The summed E-state index contributed by atoms with van der Waals surface area (Å²) in [4.78, 5) is 12.8. The molecule has 3 nitrogen and oxygen atoms in total. The Morgan fingerprint density at radius 1 is 1.25 bits per heavy atom. The lowest BCUT2D eigenvalue weighted by molar-refractivity contribution is -0.139. The summed E-state index contributed by atoms with van der Waals surface area (Å²) in [5.74, 6) is 0.370. The van der Waals surface area contributed by atoms with E-state index in [2.05, 4.69) is 0 Å². The average Bonchev–Trinajstić information content (AvgIpc) is 2.51. The van der Waals surface area contributed by atoms with Crippen molar-refractivity contribution in [1.82, 2.24) is 4.57 Å². The molecule has 0 bridgehead atoms. The maximum absolute atomic E-state index is 12.3. The number of rotatable bonds is 5. The second kappa shape index (κ2) is 7.34. The van der Waals surface area contributed by atoms with E-state index in [9.17, 15) is 18.0 Å². The molecule has 0 fully saturated rings. The fraction of sp³-hybridized carbons (Fsp3) is 0.353. The molecule has 7 heteroatoms. The van der Waals surface area contributed by atoms with Gasteiger partial charge in [0.1, 0.15) is 5.75 Å². The van der Waals surface area contributed by atoms with Crippen LogP contribution in [0.2, 0.25) is 0 Å². The van der Waals surface area contributed by atoms with Crippen LogP contribution in [0.1, 0.15) is 12.0 Å². The number of benzene rings is 1. The van der Waals surface area contributed by atoms with E-state index in [0.717, 1.165) is 10.5 Å². The molecule has 1 heterocycles. The number of hydrogen-bond donors (Lipinski definition) is 0. The molecule has 0 aliphatic rings. The third-order valence-corrected chi connectivity index (χ3v) is 4.23. The smallest absolute Gasteiger partial charge is 0.392 e. The third kappa shape index (κ3) is 4.56. The fourth-order valence-electron chi connectivity index (χ4n) is 2.29. The van der Waals surface area contributed by atoms with Gasteiger partial charge in [-0.05, 0) is 37.4 Å². The van der Waals surface area contributed by atoms with Gasteiger partial charge in [0.2, 0.25) is 0 Å². The Morgan fingerprint density at radius 2 is 1.96 bits per heavy atom. The molecule has 0 amide bonds. The second-order valence-electron chi connectivity index (χ2n) is 5.40. The highest BCUT2D eigenvalue weighted by Gasteiger charge is 2.27. The number of aryl methyl sites for hydroxylation is 2. The Hall–Kier alpha value is -1.89. The van der Waals surface area contributed by atoms with Gasteiger partial charge in [0.05, 0.1) is 13.0 Å². The standard InChI is InChI=1S/C17H18F3NO2S/c1-11-8-12(10-21(2)16(11)22)14-9-13(24-3)4-5-15(14)23-7-6-17(18,19)20/h4-5,8-10H,6-7H2,1-3H3. The highest BCUT2D eigenvalue weighted by atomic mass is 32.2. The van der Waals surface area contributed by atoms with Gasteiger partial charge in [-0.1, -0.05) is 0 Å². The van der Waals surface area contributed by atoms with Crippen LogP contribution in [-0.2, 0) is 7.05 Å². The Balaban J connectivity index is 2.41. The summed E-state index contributed by atoms with van der Waals surface area (Å²) in [5, 5.41) is 0. The first-order valence-corrected chi connectivity index (χ1v) is 8.49. The maximum Gasteiger partial charge on any atom is 0.392 e. The predicted molar refractivity (Wildman–Crippen MR) is 89.8 cm³/mol. The van der Waals surface area contributed by atoms with Gasteiger partial charge in [-0.3, -0.25) is 4.79 Å². The van der Waals surface area contributed by atoms with Gasteiger partial charge in [0.25, 0.3) is 5.56 Å². The van der Waals surface area contributed by atoms with E-state index in [4.69, 9.17) is 4.74 Å². The first-order valence-electron chi connectivity index (χ1n) is 7.26. The van der Waals surface area contributed by atoms with Crippen molar-refractivity contribution in [3.05, 3.63) is 46.4 Å². The minimum Gasteiger partial charge on any atom is -0.493 e. The van der Waals surface area contributed by atoms with Crippen molar-refractivity contribution in [3.63, 3.8) is 0 Å². The van der Waals surface area contributed by atoms with Crippen LogP contribution in [0, 0.1) is 6.92 Å². The van der Waals surface area contributed by atoms with E-state index < -0.39 is 19.2 Å². The van der Waals surface area contributed by atoms with Crippen LogP contribution in [0.15, 0.2) is 40.2 Å². The van der Waals surface area contributed by atoms with Crippen molar-refractivity contribution in [1.29, 1.82) is 0 Å². The molecule has 1 aromatic carbocycles. The lowest BCUT2D eigenvalue weighted by Crippen LogP contribution is -2.18. The summed E-state index contributed by atoms with van der Waals surface area (Å²) in [5.41, 5.74) is 1.85. The normalized spacial score (nSPS) is 11.6. The van der Waals surface area contributed by atoms with Crippen LogP contribution in [0.3, 0.4) is 0 Å². The second-order valence-corrected chi connectivity index (χ2v) is 6.28. The number of alkyl halides is 3. The van der Waals surface area contributed by atoms with Crippen molar-refractivity contribution in [2.24, 2.45) is 7.05 Å². The molecule has 130 valence electrons. The summed E-state index contributed by atoms with van der Waals surface area (Å²) in [6, 6.07) is 7.04. The Kier molecular flexibility index (Phi) is 5.64. The Morgan fingerprint density at radius 3 is 2.54 bits per heavy atom. The molecule has 2 rings (SSSR count). The van der Waals surface area contributed by atoms with Gasteiger partial charge in [-0.2, -0.15) is 13.2 Å². The molecular weight excluding hydrogens is 339 g/mol. The number of pyridine rings is 1. The van der Waals surface area contributed by atoms with Crippen LogP contribution in [0.4, 0.5) is 13.2 Å². The van der Waals surface area contributed by atoms with E-state index in [-0.39, 0.29) is 5.56 Å². The Labute approximate surface area is 142 Å². The fourth-order valence-corrected chi connectivity index (χ4v) is 2.73. The first-order chi connectivity index (χ1) is 11.2. The number of halogens is 3. The molecular formula is C17H18F3NO2S. The molecule has 0 saturated heterocycles. The SMILES string of the molecule is CSc1ccc(OCCC(F)(F)F)c(-c2cc(C)c(=O)n(C)c2)c1. The highest BCUT2D eigenvalue weighted by Crippen LogP contribution is 2.34. The molecule has 2 aromatic rings. The van der Waals surface area contributed by atoms with Gasteiger partial charge in [0, 0.05) is 34.8 Å². The Bertz CT molecular complexity index is 758. The number of aromatic nitrogens is 1. The number of ether oxygens (including phenoxy) is 1. The molecule has 24 heavy (non-hydrogen) atoms. The lowest BCUT2D eigenvalue weighted by atomic mass is 10.0. The van der Waals surface area contributed by atoms with Crippen molar-refractivity contribution >= 4 is 11.8 Å². The predicted octanol–water partition coefficient (Wildman–Crippen LogP) is 4.41. The molecule has 0 saturated carbocycles. The van der Waals surface area contributed by atoms with Gasteiger partial charge < -0.3 is 9.30 Å². The topological polar surface area (TPSA) is 31.2 Å². The quantitative estimate of drug-likeness (QED) is 0.743. The number of thioether (sulfide) groups is 1. The minimum absolute atomic E-state index is 0.112. The van der Waals surface area contributed by atoms with E-state index in [1.54, 1.807) is 38.4 Å². The van der Waals surface area contributed by atoms with E-state index >= 15 is 0 Å². The first kappa shape index (κ1) is 18.4. The summed E-state index contributed by atoms with van der Waals surface area (Å²) in [7, 11) is 1.64. The summed E-state index contributed by atoms with van der Waals surface area (Å²) < 4.78 is 43.8. The molecule has 1 aromatic heterocycles. The van der Waals surface area contributed by atoms with Crippen LogP contribution < -0.4 is 10.3 Å². The van der Waals surface area contributed by atoms with Crippen molar-refractivity contribution in [3.8, 4) is 16.9 Å². The molecule has 0 atom stereocenters. The molecule has 0 radical (unpaired) electrons. The van der Waals surface area contributed by atoms with E-state index in [1.807, 2.05) is 12.3 Å². The van der Waals surface area contributed by atoms with Gasteiger partial charge >= 0.3 is 6.18 Å². The summed E-state index contributed by atoms with van der Waals surface area (Å²) in [6.45, 7) is 1.26. The molecule has 0 aliphatic heterocycles. The zero-order valence-corrected chi connectivity index (χ0v) is 14.4. The van der Waals surface area contributed by atoms with Crippen molar-refractivity contribution in [2.45, 2.75) is 24.4 Å². The average molecular weight is 357 g/mol. The number of nitrogens with zero attached hydrogens (tertiary/aromatic N) is 1. The molecule has 0 aliphatic carbocycles. The van der Waals surface area contributed by atoms with Crippen LogP contribution in [-0.4, -0.2) is 23.6 Å². The zero-order chi connectivity index (χ0) is 17.9. The van der Waals surface area contributed by atoms with E-state index in [0.29, 0.717) is 16.9 Å². The van der Waals surface area contributed by atoms with Crippen LogP contribution in [0.25, 0.3) is 11.1 Å². The van der Waals surface area contributed by atoms with Crippen LogP contribution >= 0.6 is 11.8 Å². The zero-order valence-electron chi connectivity index (χ0n) is 13.6. The summed E-state index contributed by atoms with van der Waals surface area (Å²) in [6.07, 6.45) is -1.70. The van der Waals surface area contributed by atoms with Crippen LogP contribution in [0.5, 0.6) is 5.75 Å². The highest BCUT2D eigenvalue weighted by molar-refractivity contribution is 7.98. The minimum atomic E-state index is -4.26. The van der Waals surface area contributed by atoms with Crippen molar-refractivity contribution in [2.75, 3.05) is 12.9 Å². The van der Waals surface area contributed by atoms with Crippen molar-refractivity contribution < 1.29 is 17.9 Å².